The van der Waals surface area contributed by atoms with Gasteiger partial charge in [0.1, 0.15) is 11.4 Å². The molecule has 4 saturated heterocycles. The number of likely N-dealkylation sites (tertiary alicyclic amines) is 2. The molecule has 1 spiro atoms. The zero-order chi connectivity index (χ0) is 26.4. The minimum atomic E-state index is -0.511. The van der Waals surface area contributed by atoms with E-state index < -0.39 is 11.0 Å². The molecule has 0 radical (unpaired) electrons. The first-order valence-corrected chi connectivity index (χ1v) is 14.3. The average Bonchev–Trinajstić information content (AvgIpc) is 3.49. The Labute approximate surface area is 222 Å². The lowest BCUT2D eigenvalue weighted by Crippen LogP contribution is -2.55. The second kappa shape index (κ2) is 10.1. The first-order chi connectivity index (χ1) is 17.6. The van der Waals surface area contributed by atoms with Gasteiger partial charge >= 0.3 is 6.09 Å². The third-order valence-corrected chi connectivity index (χ3v) is 9.00. The Morgan fingerprint density at radius 2 is 1.78 bits per heavy atom. The molecule has 0 unspecified atom stereocenters. The lowest BCUT2D eigenvalue weighted by Gasteiger charge is -2.46. The number of pyridine rings is 1. The first-order valence-electron chi connectivity index (χ1n) is 14.3. The van der Waals surface area contributed by atoms with E-state index in [0.717, 1.165) is 49.7 Å². The summed E-state index contributed by atoms with van der Waals surface area (Å²) in [6.45, 7) is 15.2. The van der Waals surface area contributed by atoms with Crippen LogP contribution in [0.5, 0.6) is 0 Å². The predicted octanol–water partition coefficient (Wildman–Crippen LogP) is 4.60. The normalized spacial score (nSPS) is 26.8. The Morgan fingerprint density at radius 3 is 2.43 bits per heavy atom. The molecule has 4 aliphatic heterocycles. The van der Waals surface area contributed by atoms with E-state index in [4.69, 9.17) is 9.72 Å². The van der Waals surface area contributed by atoms with Crippen LogP contribution in [0.2, 0.25) is 0 Å². The van der Waals surface area contributed by atoms with E-state index >= 15 is 0 Å². The number of aromatic nitrogens is 1. The molecular weight excluding hydrogens is 466 g/mol. The fraction of sp³-hybridized carbons (Fsp3) is 0.759. The van der Waals surface area contributed by atoms with Gasteiger partial charge in [-0.1, -0.05) is 0 Å². The third kappa shape index (κ3) is 5.31. The van der Waals surface area contributed by atoms with E-state index in [1.807, 2.05) is 32.6 Å². The maximum Gasteiger partial charge on any atom is 0.410 e. The largest absolute Gasteiger partial charge is 0.444 e. The van der Waals surface area contributed by atoms with Gasteiger partial charge < -0.3 is 19.4 Å². The Morgan fingerprint density at radius 1 is 1.03 bits per heavy atom. The van der Waals surface area contributed by atoms with Gasteiger partial charge in [0, 0.05) is 44.8 Å². The fourth-order valence-corrected chi connectivity index (χ4v) is 6.93. The lowest BCUT2D eigenvalue weighted by atomic mass is 9.71. The van der Waals surface area contributed by atoms with Crippen molar-refractivity contribution < 1.29 is 14.3 Å². The van der Waals surface area contributed by atoms with Gasteiger partial charge in [-0.15, -0.1) is 0 Å². The predicted molar refractivity (Wildman–Crippen MR) is 146 cm³/mol. The Hall–Kier alpha value is -2.35. The maximum absolute atomic E-state index is 13.9. The Bertz CT molecular complexity index is 1010. The van der Waals surface area contributed by atoms with Crippen LogP contribution in [0.3, 0.4) is 0 Å². The number of carbonyl (C=O) groups is 2. The number of hydrogen-bond acceptors (Lipinski definition) is 6. The molecule has 0 aliphatic carbocycles. The van der Waals surface area contributed by atoms with Crippen LogP contribution in [0.15, 0.2) is 12.1 Å². The highest BCUT2D eigenvalue weighted by Crippen LogP contribution is 2.43. The highest BCUT2D eigenvalue weighted by molar-refractivity contribution is 5.99. The summed E-state index contributed by atoms with van der Waals surface area (Å²) in [7, 11) is 0. The van der Waals surface area contributed by atoms with Crippen molar-refractivity contribution in [3.05, 3.63) is 17.8 Å². The van der Waals surface area contributed by atoms with E-state index in [2.05, 4.69) is 28.9 Å². The summed E-state index contributed by atoms with van der Waals surface area (Å²) < 4.78 is 5.56. The molecule has 5 heterocycles. The van der Waals surface area contributed by atoms with Crippen LogP contribution in [-0.4, -0.2) is 83.7 Å². The maximum atomic E-state index is 13.9. The van der Waals surface area contributed by atoms with E-state index in [0.29, 0.717) is 38.0 Å². The summed E-state index contributed by atoms with van der Waals surface area (Å²) in [5.41, 5.74) is 0.956. The van der Waals surface area contributed by atoms with Gasteiger partial charge in [0.2, 0.25) is 5.91 Å². The van der Waals surface area contributed by atoms with Gasteiger partial charge in [-0.3, -0.25) is 9.69 Å². The van der Waals surface area contributed by atoms with Gasteiger partial charge in [-0.25, -0.2) is 9.78 Å². The van der Waals surface area contributed by atoms with E-state index in [1.54, 1.807) is 4.90 Å². The molecule has 37 heavy (non-hydrogen) atoms. The molecule has 8 nitrogen and oxygen atoms in total. The monoisotopic (exact) mass is 511 g/mol. The Kier molecular flexibility index (Phi) is 7.16. The summed E-state index contributed by atoms with van der Waals surface area (Å²) in [5.74, 6) is 1.23. The molecule has 0 N–H and O–H groups in total. The van der Waals surface area contributed by atoms with Gasteiger partial charge in [0.05, 0.1) is 16.8 Å². The molecular formula is C29H45N5O3. The van der Waals surface area contributed by atoms with E-state index in [9.17, 15) is 9.59 Å². The SMILES string of the molecule is Cc1nc(N2CC[C@@H](N3CCC[C@@H]3C)C2)ccc1N1CCCC2(CCN(C(=O)OC(C)(C)C)CC2)C1=O. The highest BCUT2D eigenvalue weighted by atomic mass is 16.6. The minimum absolute atomic E-state index is 0.199. The highest BCUT2D eigenvalue weighted by Gasteiger charge is 2.47. The molecule has 204 valence electrons. The number of aryl methyl sites for hydroxylation is 1. The van der Waals surface area contributed by atoms with Crippen LogP contribution in [0, 0.1) is 12.3 Å². The number of ether oxygens (including phenoxy) is 1. The van der Waals surface area contributed by atoms with Crippen molar-refractivity contribution in [1.29, 1.82) is 0 Å². The van der Waals surface area contributed by atoms with Gasteiger partial charge in [0.15, 0.2) is 0 Å². The van der Waals surface area contributed by atoms with Crippen molar-refractivity contribution in [3.63, 3.8) is 0 Å². The summed E-state index contributed by atoms with van der Waals surface area (Å²) in [6.07, 6.45) is 6.79. The van der Waals surface area contributed by atoms with Gasteiger partial charge in [-0.05, 0) is 98.2 Å². The molecule has 0 bridgehead atoms. The van der Waals surface area contributed by atoms with Crippen molar-refractivity contribution in [3.8, 4) is 0 Å². The second-order valence-electron chi connectivity index (χ2n) is 12.7. The van der Waals surface area contributed by atoms with Crippen molar-refractivity contribution in [2.75, 3.05) is 49.1 Å². The third-order valence-electron chi connectivity index (χ3n) is 9.00. The minimum Gasteiger partial charge on any atom is -0.444 e. The summed E-state index contributed by atoms with van der Waals surface area (Å²) in [4.78, 5) is 40.2. The topological polar surface area (TPSA) is 69.2 Å². The van der Waals surface area contributed by atoms with Crippen LogP contribution < -0.4 is 9.80 Å². The van der Waals surface area contributed by atoms with Crippen molar-refractivity contribution >= 4 is 23.5 Å². The molecule has 0 aromatic carbocycles. The molecule has 8 heteroatoms. The quantitative estimate of drug-likeness (QED) is 0.591. The lowest BCUT2D eigenvalue weighted by molar-refractivity contribution is -0.133. The number of piperidine rings is 2. The molecule has 5 rings (SSSR count). The fourth-order valence-electron chi connectivity index (χ4n) is 6.93. The first kappa shape index (κ1) is 26.3. The molecule has 2 atom stereocenters. The van der Waals surface area contributed by atoms with E-state index in [-0.39, 0.29) is 12.0 Å². The summed E-state index contributed by atoms with van der Waals surface area (Å²) >= 11 is 0. The van der Waals surface area contributed by atoms with Crippen LogP contribution in [0.1, 0.15) is 78.3 Å². The standard InChI is InChI=1S/C29H45N5O3/c1-21-8-6-15-33(21)23-11-17-32(20-23)25-10-9-24(22(2)30-25)34-16-7-12-29(26(34)35)13-18-31(19-14-29)27(36)37-28(3,4)5/h9-10,21,23H,6-8,11-20H2,1-5H3/t21-,23+/m0/s1. The number of rotatable bonds is 3. The van der Waals surface area contributed by atoms with Crippen molar-refractivity contribution in [1.82, 2.24) is 14.8 Å². The van der Waals surface area contributed by atoms with Crippen LogP contribution in [0.25, 0.3) is 0 Å². The zero-order valence-corrected chi connectivity index (χ0v) is 23.5. The average molecular weight is 512 g/mol. The molecule has 0 saturated carbocycles. The summed E-state index contributed by atoms with van der Waals surface area (Å²) in [5, 5.41) is 0. The number of carbonyl (C=O) groups excluding carboxylic acids is 2. The van der Waals surface area contributed by atoms with Crippen LogP contribution in [0.4, 0.5) is 16.3 Å². The van der Waals surface area contributed by atoms with Gasteiger partial charge in [0.25, 0.3) is 0 Å². The Balaban J connectivity index is 1.24. The van der Waals surface area contributed by atoms with Crippen molar-refractivity contribution in [2.45, 2.75) is 97.2 Å². The summed E-state index contributed by atoms with van der Waals surface area (Å²) in [6, 6.07) is 5.53. The molecule has 2 amide bonds. The van der Waals surface area contributed by atoms with Crippen molar-refractivity contribution in [2.24, 2.45) is 5.41 Å². The molecule has 1 aromatic heterocycles. The molecule has 4 fully saturated rings. The number of anilines is 2. The van der Waals surface area contributed by atoms with Gasteiger partial charge in [-0.2, -0.15) is 0 Å². The number of hydrogen-bond donors (Lipinski definition) is 0. The van der Waals surface area contributed by atoms with Crippen LogP contribution >= 0.6 is 0 Å². The van der Waals surface area contributed by atoms with E-state index in [1.165, 1.54) is 25.8 Å². The molecule has 1 aromatic rings. The molecule has 4 aliphatic rings. The smallest absolute Gasteiger partial charge is 0.410 e. The zero-order valence-electron chi connectivity index (χ0n) is 23.5. The number of nitrogens with zero attached hydrogens (tertiary/aromatic N) is 5. The second-order valence-corrected chi connectivity index (χ2v) is 12.7. The van der Waals surface area contributed by atoms with Crippen LogP contribution in [-0.2, 0) is 9.53 Å². The number of amides is 2.